The lowest BCUT2D eigenvalue weighted by molar-refractivity contribution is -0.141. The summed E-state index contributed by atoms with van der Waals surface area (Å²) in [7, 11) is 0. The number of hydrogen-bond donors (Lipinski definition) is 1. The predicted octanol–water partition coefficient (Wildman–Crippen LogP) is 1.70. The lowest BCUT2D eigenvalue weighted by atomic mass is 9.85. The van der Waals surface area contributed by atoms with Gasteiger partial charge in [0, 0.05) is 18.0 Å². The molecule has 5 heteroatoms. The lowest BCUT2D eigenvalue weighted by Gasteiger charge is -2.43. The number of rotatable bonds is 2. The van der Waals surface area contributed by atoms with Crippen LogP contribution < -0.4 is 0 Å². The summed E-state index contributed by atoms with van der Waals surface area (Å²) in [6, 6.07) is 2.20. The average molecular weight is 267 g/mol. The Bertz CT molecular complexity index is 449. The summed E-state index contributed by atoms with van der Waals surface area (Å²) in [4.78, 5) is 14.1. The largest absolute Gasteiger partial charge is 0.480 e. The smallest absolute Gasteiger partial charge is 0.317 e. The average Bonchev–Trinajstić information content (AvgIpc) is 2.82. The highest BCUT2D eigenvalue weighted by atomic mass is 32.1. The Hall–Kier alpha value is -0.910. The molecule has 1 spiro atoms. The summed E-state index contributed by atoms with van der Waals surface area (Å²) in [5.41, 5.74) is 1.30. The maximum atomic E-state index is 10.7. The van der Waals surface area contributed by atoms with Crippen LogP contribution in [0.5, 0.6) is 0 Å². The number of fused-ring (bicyclic) bond motifs is 2. The summed E-state index contributed by atoms with van der Waals surface area (Å²) < 4.78 is 6.08. The van der Waals surface area contributed by atoms with Gasteiger partial charge in [0.05, 0.1) is 13.2 Å². The van der Waals surface area contributed by atoms with Crippen molar-refractivity contribution in [3.63, 3.8) is 0 Å². The normalized spacial score (nSPS) is 22.9. The Morgan fingerprint density at radius 3 is 3.00 bits per heavy atom. The van der Waals surface area contributed by atoms with E-state index in [1.54, 1.807) is 11.3 Å². The van der Waals surface area contributed by atoms with Crippen LogP contribution in [-0.4, -0.2) is 42.2 Å². The highest BCUT2D eigenvalue weighted by molar-refractivity contribution is 7.10. The minimum Gasteiger partial charge on any atom is -0.480 e. The minimum absolute atomic E-state index is 0.128. The molecule has 3 rings (SSSR count). The quantitative estimate of drug-likeness (QED) is 0.886. The van der Waals surface area contributed by atoms with E-state index in [1.165, 1.54) is 10.4 Å². The minimum atomic E-state index is -0.743. The van der Waals surface area contributed by atoms with Gasteiger partial charge in [0.15, 0.2) is 0 Å². The molecule has 18 heavy (non-hydrogen) atoms. The lowest BCUT2D eigenvalue weighted by Crippen LogP contribution is -2.47. The first-order chi connectivity index (χ1) is 8.70. The molecule has 3 heterocycles. The van der Waals surface area contributed by atoms with Gasteiger partial charge in [-0.25, -0.2) is 0 Å². The van der Waals surface area contributed by atoms with Gasteiger partial charge in [0.25, 0.3) is 0 Å². The third-order valence-corrected chi connectivity index (χ3v) is 5.08. The molecule has 0 amide bonds. The Labute approximate surface area is 110 Å². The number of piperidine rings is 1. The maximum absolute atomic E-state index is 10.7. The van der Waals surface area contributed by atoms with Crippen molar-refractivity contribution in [1.82, 2.24) is 4.90 Å². The van der Waals surface area contributed by atoms with Gasteiger partial charge in [-0.05, 0) is 36.3 Å². The summed E-state index contributed by atoms with van der Waals surface area (Å²) >= 11 is 1.79. The molecule has 2 aliphatic rings. The fourth-order valence-electron chi connectivity index (χ4n) is 2.99. The van der Waals surface area contributed by atoms with Crippen LogP contribution in [0.25, 0.3) is 0 Å². The zero-order valence-electron chi connectivity index (χ0n) is 10.2. The van der Waals surface area contributed by atoms with Crippen LogP contribution in [0, 0.1) is 0 Å². The molecule has 0 aromatic carbocycles. The van der Waals surface area contributed by atoms with Crippen molar-refractivity contribution in [2.75, 3.05) is 26.2 Å². The number of aliphatic carboxylic acids is 1. The molecule has 0 bridgehead atoms. The Morgan fingerprint density at radius 2 is 2.28 bits per heavy atom. The van der Waals surface area contributed by atoms with E-state index in [2.05, 4.69) is 11.4 Å². The van der Waals surface area contributed by atoms with E-state index in [1.807, 2.05) is 4.90 Å². The van der Waals surface area contributed by atoms with E-state index in [0.717, 1.165) is 39.0 Å². The van der Waals surface area contributed by atoms with Crippen LogP contribution >= 0.6 is 11.3 Å². The van der Waals surface area contributed by atoms with E-state index in [-0.39, 0.29) is 12.1 Å². The van der Waals surface area contributed by atoms with Crippen LogP contribution in [-0.2, 0) is 21.6 Å². The second-order valence-electron chi connectivity index (χ2n) is 5.04. The van der Waals surface area contributed by atoms with Gasteiger partial charge < -0.3 is 9.84 Å². The van der Waals surface area contributed by atoms with Gasteiger partial charge in [-0.3, -0.25) is 9.69 Å². The van der Waals surface area contributed by atoms with E-state index in [9.17, 15) is 4.79 Å². The fourth-order valence-corrected chi connectivity index (χ4v) is 4.16. The molecule has 0 saturated carbocycles. The van der Waals surface area contributed by atoms with Gasteiger partial charge in [0.2, 0.25) is 0 Å². The van der Waals surface area contributed by atoms with Crippen LogP contribution in [0.1, 0.15) is 23.3 Å². The van der Waals surface area contributed by atoms with Gasteiger partial charge >= 0.3 is 5.97 Å². The number of carboxylic acids is 1. The van der Waals surface area contributed by atoms with E-state index >= 15 is 0 Å². The molecule has 0 atom stereocenters. The van der Waals surface area contributed by atoms with Crippen molar-refractivity contribution in [3.8, 4) is 0 Å². The Morgan fingerprint density at radius 1 is 1.50 bits per heavy atom. The molecular weight excluding hydrogens is 250 g/mol. The fraction of sp³-hybridized carbons (Fsp3) is 0.615. The number of ether oxygens (including phenoxy) is 1. The monoisotopic (exact) mass is 267 g/mol. The van der Waals surface area contributed by atoms with Gasteiger partial charge in [-0.15, -0.1) is 11.3 Å². The highest BCUT2D eigenvalue weighted by Crippen LogP contribution is 2.43. The molecule has 4 nitrogen and oxygen atoms in total. The van der Waals surface area contributed by atoms with E-state index in [0.29, 0.717) is 0 Å². The maximum Gasteiger partial charge on any atom is 0.317 e. The van der Waals surface area contributed by atoms with Crippen molar-refractivity contribution in [2.45, 2.75) is 24.9 Å². The Balaban J connectivity index is 1.74. The van der Waals surface area contributed by atoms with Crippen molar-refractivity contribution in [1.29, 1.82) is 0 Å². The molecule has 1 aromatic rings. The third kappa shape index (κ3) is 2.06. The first kappa shape index (κ1) is 12.1. The molecule has 0 radical (unpaired) electrons. The van der Waals surface area contributed by atoms with Crippen molar-refractivity contribution in [3.05, 3.63) is 21.9 Å². The zero-order chi connectivity index (χ0) is 12.6. The van der Waals surface area contributed by atoms with Crippen LogP contribution in [0.2, 0.25) is 0 Å². The molecule has 1 saturated heterocycles. The zero-order valence-corrected chi connectivity index (χ0v) is 11.0. The second-order valence-corrected chi connectivity index (χ2v) is 5.95. The van der Waals surface area contributed by atoms with E-state index < -0.39 is 5.97 Å². The molecule has 1 N–H and O–H groups in total. The SMILES string of the molecule is O=C(O)CN1CCC2(CC1)OCCc1ccsc12. The number of hydrogen-bond acceptors (Lipinski definition) is 4. The summed E-state index contributed by atoms with van der Waals surface area (Å²) in [5, 5.41) is 11.0. The number of likely N-dealkylation sites (tertiary alicyclic amines) is 1. The molecule has 0 unspecified atom stereocenters. The third-order valence-electron chi connectivity index (χ3n) is 3.93. The number of carboxylic acid groups (broad SMARTS) is 1. The number of nitrogens with zero attached hydrogens (tertiary/aromatic N) is 1. The van der Waals surface area contributed by atoms with E-state index in [4.69, 9.17) is 9.84 Å². The number of thiophene rings is 1. The molecule has 1 fully saturated rings. The van der Waals surface area contributed by atoms with Crippen LogP contribution in [0.3, 0.4) is 0 Å². The number of carbonyl (C=O) groups is 1. The second kappa shape index (κ2) is 4.64. The van der Waals surface area contributed by atoms with Gasteiger partial charge in [-0.2, -0.15) is 0 Å². The standard InChI is InChI=1S/C13H17NO3S/c15-11(16)9-14-5-3-13(4-6-14)12-10(1-7-17-13)2-8-18-12/h2,8H,1,3-7,9H2,(H,15,16). The highest BCUT2D eigenvalue weighted by Gasteiger charge is 2.41. The molecule has 1 aromatic heterocycles. The molecule has 0 aliphatic carbocycles. The van der Waals surface area contributed by atoms with Crippen LogP contribution in [0.4, 0.5) is 0 Å². The van der Waals surface area contributed by atoms with Crippen molar-refractivity contribution in [2.24, 2.45) is 0 Å². The van der Waals surface area contributed by atoms with Gasteiger partial charge in [-0.1, -0.05) is 0 Å². The molecule has 2 aliphatic heterocycles. The van der Waals surface area contributed by atoms with Gasteiger partial charge in [0.1, 0.15) is 5.60 Å². The van der Waals surface area contributed by atoms with Crippen molar-refractivity contribution >= 4 is 17.3 Å². The topological polar surface area (TPSA) is 49.8 Å². The predicted molar refractivity (Wildman–Crippen MR) is 69.0 cm³/mol. The molecular formula is C13H17NO3S. The summed E-state index contributed by atoms with van der Waals surface area (Å²) in [6.45, 7) is 2.56. The van der Waals surface area contributed by atoms with Crippen molar-refractivity contribution < 1.29 is 14.6 Å². The Kier molecular flexibility index (Phi) is 3.13. The first-order valence-electron chi connectivity index (χ1n) is 6.35. The van der Waals surface area contributed by atoms with Crippen LogP contribution in [0.15, 0.2) is 11.4 Å². The first-order valence-corrected chi connectivity index (χ1v) is 7.22. The summed E-state index contributed by atoms with van der Waals surface area (Å²) in [6.07, 6.45) is 2.83. The summed E-state index contributed by atoms with van der Waals surface area (Å²) in [5.74, 6) is -0.743. The molecule has 98 valence electrons.